The predicted octanol–water partition coefficient (Wildman–Crippen LogP) is 3.77. The average molecular weight is 389 g/mol. The zero-order valence-corrected chi connectivity index (χ0v) is 16.3. The Balaban J connectivity index is 0.00000243. The van der Waals surface area contributed by atoms with Crippen LogP contribution in [0.5, 0.6) is 11.5 Å². The van der Waals surface area contributed by atoms with E-state index in [0.29, 0.717) is 10.8 Å². The van der Waals surface area contributed by atoms with Crippen LogP contribution in [0.2, 0.25) is 5.02 Å². The molecule has 3 aromatic carbocycles. The summed E-state index contributed by atoms with van der Waals surface area (Å²) < 4.78 is 5.83. The fourth-order valence-electron chi connectivity index (χ4n) is 2.65. The SMILES string of the molecule is CC(C)Oc1cc(Cl)c(O)c(P(c2ccccc2)c2ccccc2)c1.O. The molecular formula is C21H22ClO3P. The molecule has 0 aromatic heterocycles. The van der Waals surface area contributed by atoms with Gasteiger partial charge in [-0.3, -0.25) is 0 Å². The van der Waals surface area contributed by atoms with Crippen LogP contribution in [0, 0.1) is 0 Å². The molecule has 0 aliphatic rings. The van der Waals surface area contributed by atoms with Crippen molar-refractivity contribution in [1.82, 2.24) is 0 Å². The van der Waals surface area contributed by atoms with E-state index < -0.39 is 7.92 Å². The minimum Gasteiger partial charge on any atom is -0.506 e. The summed E-state index contributed by atoms with van der Waals surface area (Å²) >= 11 is 6.30. The van der Waals surface area contributed by atoms with E-state index in [-0.39, 0.29) is 17.3 Å². The van der Waals surface area contributed by atoms with Gasteiger partial charge >= 0.3 is 0 Å². The fraction of sp³-hybridized carbons (Fsp3) is 0.143. The number of rotatable bonds is 5. The topological polar surface area (TPSA) is 61.0 Å². The second kappa shape index (κ2) is 9.05. The highest BCUT2D eigenvalue weighted by atomic mass is 35.5. The standard InChI is InChI=1S/C21H20ClO2P.H2O/c1-15(2)24-16-13-19(22)21(23)20(14-16)25(17-9-5-3-6-10-17)18-11-7-4-8-12-18;/h3-15,23H,1-2H3;1H2. The van der Waals surface area contributed by atoms with Crippen LogP contribution in [0.1, 0.15) is 13.8 Å². The number of aromatic hydroxyl groups is 1. The van der Waals surface area contributed by atoms with Crippen molar-refractivity contribution in [3.8, 4) is 11.5 Å². The maximum atomic E-state index is 10.7. The number of ether oxygens (including phenoxy) is 1. The molecule has 5 heteroatoms. The molecule has 3 nitrogen and oxygen atoms in total. The maximum absolute atomic E-state index is 10.7. The zero-order chi connectivity index (χ0) is 17.8. The van der Waals surface area contributed by atoms with Crippen LogP contribution in [-0.4, -0.2) is 16.7 Å². The Bertz CT molecular complexity index is 799. The van der Waals surface area contributed by atoms with Gasteiger partial charge in [-0.05, 0) is 38.4 Å². The molecule has 0 amide bonds. The Hall–Kier alpha value is -2.06. The minimum atomic E-state index is -0.939. The predicted molar refractivity (Wildman–Crippen MR) is 111 cm³/mol. The lowest BCUT2D eigenvalue weighted by atomic mass is 10.3. The van der Waals surface area contributed by atoms with Crippen LogP contribution in [0.3, 0.4) is 0 Å². The number of benzene rings is 3. The van der Waals surface area contributed by atoms with Gasteiger partial charge in [-0.15, -0.1) is 0 Å². The van der Waals surface area contributed by atoms with Crippen molar-refractivity contribution < 1.29 is 15.3 Å². The van der Waals surface area contributed by atoms with E-state index in [2.05, 4.69) is 24.3 Å². The van der Waals surface area contributed by atoms with E-state index in [1.165, 1.54) is 0 Å². The molecule has 0 unspecified atom stereocenters. The van der Waals surface area contributed by atoms with E-state index >= 15 is 0 Å². The van der Waals surface area contributed by atoms with E-state index in [1.807, 2.05) is 56.3 Å². The molecule has 0 radical (unpaired) electrons. The minimum absolute atomic E-state index is 0. The van der Waals surface area contributed by atoms with Gasteiger partial charge in [0.1, 0.15) is 11.5 Å². The summed E-state index contributed by atoms with van der Waals surface area (Å²) in [5.74, 6) is 0.795. The molecule has 26 heavy (non-hydrogen) atoms. The molecule has 0 heterocycles. The molecule has 136 valence electrons. The molecule has 3 aromatic rings. The lowest BCUT2D eigenvalue weighted by molar-refractivity contribution is 0.242. The Labute approximate surface area is 160 Å². The van der Waals surface area contributed by atoms with Crippen LogP contribution in [0.25, 0.3) is 0 Å². The second-order valence-corrected chi connectivity index (χ2v) is 8.54. The molecule has 0 saturated heterocycles. The van der Waals surface area contributed by atoms with Crippen molar-refractivity contribution in [2.45, 2.75) is 20.0 Å². The molecule has 3 N–H and O–H groups in total. The molecule has 0 bridgehead atoms. The first-order valence-corrected chi connectivity index (χ1v) is 9.87. The summed E-state index contributed by atoms with van der Waals surface area (Å²) in [6, 6.07) is 24.0. The van der Waals surface area contributed by atoms with E-state index in [0.717, 1.165) is 15.9 Å². The Kier molecular flexibility index (Phi) is 7.05. The van der Waals surface area contributed by atoms with Gasteiger partial charge in [0.25, 0.3) is 0 Å². The second-order valence-electron chi connectivity index (χ2n) is 5.95. The van der Waals surface area contributed by atoms with Gasteiger partial charge in [0.2, 0.25) is 0 Å². The molecule has 0 fully saturated rings. The van der Waals surface area contributed by atoms with Gasteiger partial charge in [-0.2, -0.15) is 0 Å². The Morgan fingerprint density at radius 3 is 1.85 bits per heavy atom. The van der Waals surface area contributed by atoms with Crippen LogP contribution in [0.15, 0.2) is 72.8 Å². The maximum Gasteiger partial charge on any atom is 0.142 e. The smallest absolute Gasteiger partial charge is 0.142 e. The van der Waals surface area contributed by atoms with E-state index in [4.69, 9.17) is 16.3 Å². The van der Waals surface area contributed by atoms with Gasteiger partial charge in [0.15, 0.2) is 0 Å². The molecule has 0 saturated carbocycles. The number of phenolic OH excluding ortho intramolecular Hbond substituents is 1. The first-order chi connectivity index (χ1) is 12.1. The monoisotopic (exact) mass is 388 g/mol. The van der Waals surface area contributed by atoms with Gasteiger partial charge in [-0.1, -0.05) is 72.3 Å². The van der Waals surface area contributed by atoms with Gasteiger partial charge in [0.05, 0.1) is 11.1 Å². The van der Waals surface area contributed by atoms with Gasteiger partial charge in [0, 0.05) is 11.4 Å². The molecular weight excluding hydrogens is 367 g/mol. The van der Waals surface area contributed by atoms with E-state index in [1.54, 1.807) is 6.07 Å². The highest BCUT2D eigenvalue weighted by Crippen LogP contribution is 2.40. The Morgan fingerprint density at radius 1 is 0.885 bits per heavy atom. The lowest BCUT2D eigenvalue weighted by Crippen LogP contribution is -2.21. The summed E-state index contributed by atoms with van der Waals surface area (Å²) in [7, 11) is -0.939. The summed E-state index contributed by atoms with van der Waals surface area (Å²) in [4.78, 5) is 0. The zero-order valence-electron chi connectivity index (χ0n) is 14.7. The third-order valence-electron chi connectivity index (χ3n) is 3.66. The van der Waals surface area contributed by atoms with Crippen molar-refractivity contribution in [1.29, 1.82) is 0 Å². The fourth-order valence-corrected chi connectivity index (χ4v) is 5.31. The van der Waals surface area contributed by atoms with Crippen molar-refractivity contribution in [2.24, 2.45) is 0 Å². The third-order valence-corrected chi connectivity index (χ3v) is 6.40. The summed E-state index contributed by atoms with van der Waals surface area (Å²) in [5, 5.41) is 14.1. The molecule has 0 spiro atoms. The van der Waals surface area contributed by atoms with Crippen molar-refractivity contribution in [3.63, 3.8) is 0 Å². The Morgan fingerprint density at radius 2 is 1.38 bits per heavy atom. The molecule has 0 aliphatic carbocycles. The number of hydrogen-bond donors (Lipinski definition) is 1. The van der Waals surface area contributed by atoms with Crippen LogP contribution >= 0.6 is 19.5 Å². The molecule has 3 rings (SSSR count). The largest absolute Gasteiger partial charge is 0.506 e. The summed E-state index contributed by atoms with van der Waals surface area (Å²) in [6.45, 7) is 3.94. The number of halogens is 1. The number of phenols is 1. The highest BCUT2D eigenvalue weighted by Gasteiger charge is 2.22. The van der Waals surface area contributed by atoms with Gasteiger partial charge < -0.3 is 15.3 Å². The van der Waals surface area contributed by atoms with Gasteiger partial charge in [-0.25, -0.2) is 0 Å². The normalized spacial score (nSPS) is 10.7. The van der Waals surface area contributed by atoms with Crippen LogP contribution in [-0.2, 0) is 0 Å². The summed E-state index contributed by atoms with van der Waals surface area (Å²) in [6.07, 6.45) is 0.0353. The summed E-state index contributed by atoms with van der Waals surface area (Å²) in [5.41, 5.74) is 0. The van der Waals surface area contributed by atoms with E-state index in [9.17, 15) is 5.11 Å². The van der Waals surface area contributed by atoms with Crippen LogP contribution < -0.4 is 20.7 Å². The van der Waals surface area contributed by atoms with Crippen LogP contribution in [0.4, 0.5) is 0 Å². The first kappa shape index (κ1) is 20.3. The van der Waals surface area contributed by atoms with Crippen molar-refractivity contribution >= 4 is 35.4 Å². The number of hydrogen-bond acceptors (Lipinski definition) is 2. The third kappa shape index (κ3) is 4.56. The average Bonchev–Trinajstić information content (AvgIpc) is 2.60. The first-order valence-electron chi connectivity index (χ1n) is 8.15. The molecule has 0 aliphatic heterocycles. The lowest BCUT2D eigenvalue weighted by Gasteiger charge is -2.22. The highest BCUT2D eigenvalue weighted by molar-refractivity contribution is 7.80. The van der Waals surface area contributed by atoms with Crippen molar-refractivity contribution in [2.75, 3.05) is 0 Å². The molecule has 0 atom stereocenters. The van der Waals surface area contributed by atoms with Crippen molar-refractivity contribution in [3.05, 3.63) is 77.8 Å². The quantitative estimate of drug-likeness (QED) is 0.676.